The molecular weight excluding hydrogens is 330 g/mol. The van der Waals surface area contributed by atoms with Crippen LogP contribution in [0.3, 0.4) is 0 Å². The van der Waals surface area contributed by atoms with Crippen molar-refractivity contribution in [3.05, 3.63) is 46.7 Å². The zero-order chi connectivity index (χ0) is 17.4. The van der Waals surface area contributed by atoms with E-state index in [2.05, 4.69) is 26.1 Å². The van der Waals surface area contributed by atoms with Crippen molar-refractivity contribution < 1.29 is 9.59 Å². The lowest BCUT2D eigenvalue weighted by molar-refractivity contribution is -0.120. The van der Waals surface area contributed by atoms with Crippen LogP contribution in [0.1, 0.15) is 17.7 Å². The highest BCUT2D eigenvalue weighted by Crippen LogP contribution is 2.14. The molecule has 0 fully saturated rings. The maximum atomic E-state index is 11.7. The molecule has 0 aliphatic carbocycles. The number of halogens is 1. The molecule has 0 aliphatic rings. The van der Waals surface area contributed by atoms with Crippen LogP contribution in [0.4, 0.5) is 10.5 Å². The van der Waals surface area contributed by atoms with Gasteiger partial charge in [0.25, 0.3) is 0 Å². The third kappa shape index (κ3) is 5.92. The normalized spacial score (nSPS) is 10.2. The monoisotopic (exact) mass is 349 g/mol. The van der Waals surface area contributed by atoms with E-state index in [1.165, 1.54) is 0 Å². The number of nitrogens with one attached hydrogen (secondary N) is 4. The molecule has 0 spiro atoms. The minimum Gasteiger partial charge on any atom is -0.355 e. The highest BCUT2D eigenvalue weighted by molar-refractivity contribution is 6.30. The van der Waals surface area contributed by atoms with E-state index in [4.69, 9.17) is 11.6 Å². The van der Waals surface area contributed by atoms with Crippen LogP contribution in [0.15, 0.2) is 30.5 Å². The van der Waals surface area contributed by atoms with E-state index in [0.29, 0.717) is 17.3 Å². The number of hydrogen-bond donors (Lipinski definition) is 4. The minimum absolute atomic E-state index is 0.0862. The third-order valence-electron chi connectivity index (χ3n) is 3.37. The zero-order valence-electron chi connectivity index (χ0n) is 13.4. The van der Waals surface area contributed by atoms with Gasteiger partial charge in [0, 0.05) is 22.9 Å². The van der Waals surface area contributed by atoms with E-state index in [-0.39, 0.29) is 12.5 Å². The Morgan fingerprint density at radius 1 is 1.29 bits per heavy atom. The fraction of sp³-hybridized carbons (Fsp3) is 0.312. The Morgan fingerprint density at radius 2 is 2.12 bits per heavy atom. The summed E-state index contributed by atoms with van der Waals surface area (Å²) in [6.07, 6.45) is 3.44. The number of hydrogen-bond acceptors (Lipinski definition) is 3. The van der Waals surface area contributed by atoms with Crippen molar-refractivity contribution in [2.75, 3.05) is 18.4 Å². The average Bonchev–Trinajstić information content (AvgIpc) is 2.95. The molecule has 7 nitrogen and oxygen atoms in total. The molecule has 3 amide bonds. The number of aromatic amines is 1. The van der Waals surface area contributed by atoms with E-state index in [9.17, 15) is 9.59 Å². The molecule has 0 atom stereocenters. The van der Waals surface area contributed by atoms with Crippen LogP contribution in [-0.2, 0) is 11.2 Å². The van der Waals surface area contributed by atoms with Gasteiger partial charge in [-0.1, -0.05) is 17.7 Å². The van der Waals surface area contributed by atoms with Crippen LogP contribution in [0.5, 0.6) is 0 Å². The molecule has 0 saturated carbocycles. The lowest BCUT2D eigenvalue weighted by Crippen LogP contribution is -2.39. The quantitative estimate of drug-likeness (QED) is 0.577. The molecule has 0 radical (unpaired) electrons. The van der Waals surface area contributed by atoms with E-state index in [0.717, 1.165) is 24.1 Å². The lowest BCUT2D eigenvalue weighted by Gasteiger charge is -2.08. The van der Waals surface area contributed by atoms with Crippen LogP contribution >= 0.6 is 11.6 Å². The first-order valence-electron chi connectivity index (χ1n) is 7.60. The number of benzene rings is 1. The van der Waals surface area contributed by atoms with Gasteiger partial charge in [0.05, 0.1) is 12.7 Å². The summed E-state index contributed by atoms with van der Waals surface area (Å²) < 4.78 is 0. The number of rotatable bonds is 7. The molecule has 0 saturated heterocycles. The number of anilines is 1. The Kier molecular flexibility index (Phi) is 6.62. The minimum atomic E-state index is -0.457. The fourth-order valence-corrected chi connectivity index (χ4v) is 2.29. The van der Waals surface area contributed by atoms with Crippen LogP contribution in [-0.4, -0.2) is 35.2 Å². The van der Waals surface area contributed by atoms with Crippen LogP contribution in [0.2, 0.25) is 5.02 Å². The molecule has 1 aromatic carbocycles. The van der Waals surface area contributed by atoms with Gasteiger partial charge >= 0.3 is 6.03 Å². The second-order valence-electron chi connectivity index (χ2n) is 5.29. The smallest absolute Gasteiger partial charge is 0.319 e. The second kappa shape index (κ2) is 8.93. The summed E-state index contributed by atoms with van der Waals surface area (Å²) in [6, 6.07) is 6.32. The number of H-pyrrole nitrogens is 1. The van der Waals surface area contributed by atoms with Crippen LogP contribution < -0.4 is 16.0 Å². The van der Waals surface area contributed by atoms with Crippen molar-refractivity contribution in [1.29, 1.82) is 0 Å². The van der Waals surface area contributed by atoms with Gasteiger partial charge in [0.1, 0.15) is 0 Å². The number of carbonyl (C=O) groups excluding carboxylic acids is 2. The first kappa shape index (κ1) is 17.8. The number of nitrogens with zero attached hydrogens (tertiary/aromatic N) is 1. The molecule has 0 aliphatic heterocycles. The topological polar surface area (TPSA) is 98.9 Å². The summed E-state index contributed by atoms with van der Waals surface area (Å²) in [4.78, 5) is 23.4. The van der Waals surface area contributed by atoms with Crippen molar-refractivity contribution in [1.82, 2.24) is 20.8 Å². The van der Waals surface area contributed by atoms with E-state index >= 15 is 0 Å². The Bertz CT molecular complexity index is 701. The van der Waals surface area contributed by atoms with Gasteiger partial charge in [-0.25, -0.2) is 4.79 Å². The summed E-state index contributed by atoms with van der Waals surface area (Å²) in [6.45, 7) is 2.42. The van der Waals surface area contributed by atoms with Crippen molar-refractivity contribution in [2.24, 2.45) is 0 Å². The molecule has 4 N–H and O–H groups in total. The standard InChI is InChI=1S/C16H20ClN5O2/c1-11-12(9-20-22-11)4-3-7-18-15(23)10-19-16(24)21-14-6-2-5-13(17)8-14/h2,5-6,8-9H,3-4,7,10H2,1H3,(H,18,23)(H,20,22)(H2,19,21,24). The molecule has 0 bridgehead atoms. The van der Waals surface area contributed by atoms with Crippen LogP contribution in [0.25, 0.3) is 0 Å². The summed E-state index contributed by atoms with van der Waals surface area (Å²) >= 11 is 5.83. The Morgan fingerprint density at radius 3 is 2.83 bits per heavy atom. The van der Waals surface area contributed by atoms with Crippen LogP contribution in [0, 0.1) is 6.92 Å². The molecule has 2 rings (SSSR count). The fourth-order valence-electron chi connectivity index (χ4n) is 2.10. The maximum Gasteiger partial charge on any atom is 0.319 e. The van der Waals surface area contributed by atoms with Crippen molar-refractivity contribution in [3.63, 3.8) is 0 Å². The largest absolute Gasteiger partial charge is 0.355 e. The second-order valence-corrected chi connectivity index (χ2v) is 5.73. The van der Waals surface area contributed by atoms with Gasteiger partial charge in [0.15, 0.2) is 0 Å². The SMILES string of the molecule is Cc1[nH]ncc1CCCNC(=O)CNC(=O)Nc1cccc(Cl)c1. The molecular formula is C16H20ClN5O2. The molecule has 2 aromatic rings. The van der Waals surface area contributed by atoms with Gasteiger partial charge < -0.3 is 16.0 Å². The molecule has 128 valence electrons. The molecule has 8 heteroatoms. The Hall–Kier alpha value is -2.54. The zero-order valence-corrected chi connectivity index (χ0v) is 14.1. The predicted molar refractivity (Wildman–Crippen MR) is 93.1 cm³/mol. The highest BCUT2D eigenvalue weighted by atomic mass is 35.5. The van der Waals surface area contributed by atoms with E-state index in [1.807, 2.05) is 6.92 Å². The lowest BCUT2D eigenvalue weighted by atomic mass is 10.1. The summed E-state index contributed by atoms with van der Waals surface area (Å²) in [5, 5.41) is 15.2. The summed E-state index contributed by atoms with van der Waals surface area (Å²) in [5.74, 6) is -0.236. The van der Waals surface area contributed by atoms with Gasteiger partial charge in [-0.3, -0.25) is 9.89 Å². The molecule has 0 unspecified atom stereocenters. The number of aromatic nitrogens is 2. The average molecular weight is 350 g/mol. The molecule has 24 heavy (non-hydrogen) atoms. The predicted octanol–water partition coefficient (Wildman–Crippen LogP) is 2.24. The summed E-state index contributed by atoms with van der Waals surface area (Å²) in [7, 11) is 0. The van der Waals surface area contributed by atoms with Crippen molar-refractivity contribution >= 4 is 29.2 Å². The number of urea groups is 1. The summed E-state index contributed by atoms with van der Waals surface area (Å²) in [5.41, 5.74) is 2.75. The Labute approximate surface area is 145 Å². The van der Waals surface area contributed by atoms with Gasteiger partial charge in [-0.15, -0.1) is 0 Å². The first-order valence-corrected chi connectivity index (χ1v) is 7.98. The number of aryl methyl sites for hydroxylation is 2. The molecule has 1 heterocycles. The third-order valence-corrected chi connectivity index (χ3v) is 3.61. The Balaban J connectivity index is 1.60. The first-order chi connectivity index (χ1) is 11.5. The maximum absolute atomic E-state index is 11.7. The van der Waals surface area contributed by atoms with Gasteiger partial charge in [-0.05, 0) is 43.5 Å². The molecule has 1 aromatic heterocycles. The van der Waals surface area contributed by atoms with Gasteiger partial charge in [-0.2, -0.15) is 5.10 Å². The highest BCUT2D eigenvalue weighted by Gasteiger charge is 2.06. The van der Waals surface area contributed by atoms with E-state index in [1.54, 1.807) is 30.5 Å². The van der Waals surface area contributed by atoms with E-state index < -0.39 is 6.03 Å². The number of carbonyl (C=O) groups is 2. The number of amides is 3. The van der Waals surface area contributed by atoms with Gasteiger partial charge in [0.2, 0.25) is 5.91 Å². The van der Waals surface area contributed by atoms with Crippen molar-refractivity contribution in [3.8, 4) is 0 Å². The van der Waals surface area contributed by atoms with Crippen molar-refractivity contribution in [2.45, 2.75) is 19.8 Å².